The van der Waals surface area contributed by atoms with E-state index in [1.807, 2.05) is 17.5 Å². The van der Waals surface area contributed by atoms with E-state index < -0.39 is 11.7 Å². The van der Waals surface area contributed by atoms with Crippen molar-refractivity contribution in [3.8, 4) is 0 Å². The van der Waals surface area contributed by atoms with E-state index in [4.69, 9.17) is 9.36 Å². The predicted molar refractivity (Wildman–Crippen MR) is 68.1 cm³/mol. The summed E-state index contributed by atoms with van der Waals surface area (Å²) in [7, 11) is 0. The Morgan fingerprint density at radius 3 is 3.11 bits per heavy atom. The zero-order chi connectivity index (χ0) is 13.2. The molecule has 0 bridgehead atoms. The molecule has 3 rings (SSSR count). The molecule has 6 nitrogen and oxygen atoms in total. The van der Waals surface area contributed by atoms with Gasteiger partial charge in [0.1, 0.15) is 5.69 Å². The Kier molecular flexibility index (Phi) is 3.12. The minimum Gasteiger partial charge on any atom is -0.315 e. The van der Waals surface area contributed by atoms with Gasteiger partial charge in [0.2, 0.25) is 0 Å². The third-order valence-corrected chi connectivity index (χ3v) is 3.67. The molecule has 0 spiro atoms. The number of thiophene rings is 1. The molecule has 1 fully saturated rings. The third-order valence-electron chi connectivity index (χ3n) is 2.80. The van der Waals surface area contributed by atoms with Gasteiger partial charge in [-0.05, 0) is 29.2 Å². The zero-order valence-corrected chi connectivity index (χ0v) is 10.8. The Bertz CT molecular complexity index is 624. The van der Waals surface area contributed by atoms with Crippen molar-refractivity contribution >= 4 is 17.4 Å². The first-order chi connectivity index (χ1) is 9.22. The van der Waals surface area contributed by atoms with E-state index >= 15 is 0 Å². The van der Waals surface area contributed by atoms with Crippen molar-refractivity contribution in [2.45, 2.75) is 25.3 Å². The van der Waals surface area contributed by atoms with Crippen LogP contribution in [0, 0.1) is 0 Å². The van der Waals surface area contributed by atoms with Crippen LogP contribution < -0.4 is 15.8 Å². The van der Waals surface area contributed by atoms with E-state index in [0.717, 1.165) is 22.6 Å². The molecule has 1 aliphatic rings. The van der Waals surface area contributed by atoms with Crippen molar-refractivity contribution in [2.24, 2.45) is 0 Å². The van der Waals surface area contributed by atoms with Crippen LogP contribution in [0.15, 0.2) is 32.9 Å². The van der Waals surface area contributed by atoms with Gasteiger partial charge >= 0.3 is 11.7 Å². The summed E-state index contributed by atoms with van der Waals surface area (Å²) in [6.45, 7) is 0.390. The molecule has 19 heavy (non-hydrogen) atoms. The fourth-order valence-electron chi connectivity index (χ4n) is 1.73. The first-order valence-corrected chi connectivity index (χ1v) is 6.82. The van der Waals surface area contributed by atoms with Crippen molar-refractivity contribution in [2.75, 3.05) is 0 Å². The molecule has 1 aliphatic carbocycles. The molecule has 1 saturated carbocycles. The highest BCUT2D eigenvalue weighted by atomic mass is 32.1. The lowest BCUT2D eigenvalue weighted by molar-refractivity contribution is 0.0118. The summed E-state index contributed by atoms with van der Waals surface area (Å²) in [5.74, 6) is 0.261. The van der Waals surface area contributed by atoms with Gasteiger partial charge in [-0.15, -0.1) is 11.3 Å². The number of carbonyl (C=O) groups is 1. The lowest BCUT2D eigenvalue weighted by Gasteiger charge is -2.06. The Morgan fingerprint density at radius 1 is 1.58 bits per heavy atom. The van der Waals surface area contributed by atoms with Gasteiger partial charge in [-0.1, -0.05) is 6.07 Å². The highest BCUT2D eigenvalue weighted by Gasteiger charge is 2.30. The molecule has 0 aliphatic heterocycles. The Hall–Kier alpha value is -2.02. The van der Waals surface area contributed by atoms with Crippen molar-refractivity contribution in [1.82, 2.24) is 10.2 Å². The smallest absolute Gasteiger partial charge is 0.315 e. The maximum atomic E-state index is 11.6. The van der Waals surface area contributed by atoms with Gasteiger partial charge in [0, 0.05) is 10.8 Å². The molecule has 0 atom stereocenters. The van der Waals surface area contributed by atoms with Gasteiger partial charge in [0.15, 0.2) is 0 Å². The van der Waals surface area contributed by atoms with Gasteiger partial charge in [-0.3, -0.25) is 4.84 Å². The standard InChI is InChI=1S/C12H12N2O4S/c15-11-6-10(8-3-4-8)14(17-11)18-12(16)13-7-9-2-1-5-19-9/h1-2,5-6,8H,3-4,7H2,(H,13,16). The summed E-state index contributed by atoms with van der Waals surface area (Å²) in [4.78, 5) is 29.7. The van der Waals surface area contributed by atoms with Gasteiger partial charge in [0.25, 0.3) is 0 Å². The van der Waals surface area contributed by atoms with Crippen LogP contribution in [0.2, 0.25) is 0 Å². The Balaban J connectivity index is 1.61. The van der Waals surface area contributed by atoms with Crippen molar-refractivity contribution in [3.05, 3.63) is 44.6 Å². The second-order valence-corrected chi connectivity index (χ2v) is 5.35. The minimum atomic E-state index is -0.644. The van der Waals surface area contributed by atoms with Crippen LogP contribution in [-0.4, -0.2) is 11.0 Å². The van der Waals surface area contributed by atoms with Gasteiger partial charge in [-0.25, -0.2) is 9.59 Å². The van der Waals surface area contributed by atoms with Gasteiger partial charge < -0.3 is 9.84 Å². The normalized spacial score (nSPS) is 14.3. The first-order valence-electron chi connectivity index (χ1n) is 5.94. The first kappa shape index (κ1) is 12.0. The summed E-state index contributed by atoms with van der Waals surface area (Å²) in [6, 6.07) is 5.18. The van der Waals surface area contributed by atoms with E-state index in [1.165, 1.54) is 6.07 Å². The van der Waals surface area contributed by atoms with Crippen LogP contribution in [-0.2, 0) is 6.54 Å². The van der Waals surface area contributed by atoms with Crippen LogP contribution in [0.3, 0.4) is 0 Å². The number of nitrogens with zero attached hydrogens (tertiary/aromatic N) is 1. The Morgan fingerprint density at radius 2 is 2.42 bits per heavy atom. The largest absolute Gasteiger partial charge is 0.434 e. The number of nitrogens with one attached hydrogen (secondary N) is 1. The lowest BCUT2D eigenvalue weighted by atomic mass is 10.3. The lowest BCUT2D eigenvalue weighted by Crippen LogP contribution is -2.32. The monoisotopic (exact) mass is 280 g/mol. The highest BCUT2D eigenvalue weighted by Crippen LogP contribution is 2.39. The van der Waals surface area contributed by atoms with E-state index in [0.29, 0.717) is 12.2 Å². The maximum absolute atomic E-state index is 11.6. The van der Waals surface area contributed by atoms with Crippen LogP contribution in [0.4, 0.5) is 4.79 Å². The number of amides is 1. The third kappa shape index (κ3) is 2.87. The van der Waals surface area contributed by atoms with Crippen LogP contribution in [0.5, 0.6) is 0 Å². The molecular formula is C12H12N2O4S. The fraction of sp³-hybridized carbons (Fsp3) is 0.333. The number of aromatic nitrogens is 1. The molecular weight excluding hydrogens is 268 g/mol. The molecule has 2 aromatic heterocycles. The second kappa shape index (κ2) is 4.93. The molecule has 2 aromatic rings. The molecule has 0 aromatic carbocycles. The van der Waals surface area contributed by atoms with Crippen molar-refractivity contribution < 1.29 is 14.2 Å². The quantitative estimate of drug-likeness (QED) is 0.925. The molecule has 0 unspecified atom stereocenters. The SMILES string of the molecule is O=C(NCc1cccs1)On1oc(=O)cc1C1CC1. The van der Waals surface area contributed by atoms with E-state index in [9.17, 15) is 9.59 Å². The highest BCUT2D eigenvalue weighted by molar-refractivity contribution is 7.09. The van der Waals surface area contributed by atoms with Crippen molar-refractivity contribution in [1.29, 1.82) is 0 Å². The summed E-state index contributed by atoms with van der Waals surface area (Å²) < 4.78 is 4.80. The number of hydrogen-bond donors (Lipinski definition) is 1. The average molecular weight is 280 g/mol. The van der Waals surface area contributed by atoms with E-state index in [1.54, 1.807) is 11.3 Å². The summed E-state index contributed by atoms with van der Waals surface area (Å²) in [5.41, 5.74) is 0.115. The number of rotatable bonds is 4. The average Bonchev–Trinajstić information content (AvgIpc) is 2.96. The van der Waals surface area contributed by atoms with Crippen LogP contribution >= 0.6 is 11.3 Å². The topological polar surface area (TPSA) is 73.5 Å². The van der Waals surface area contributed by atoms with E-state index in [2.05, 4.69) is 5.32 Å². The van der Waals surface area contributed by atoms with Crippen molar-refractivity contribution in [3.63, 3.8) is 0 Å². The predicted octanol–water partition coefficient (Wildman–Crippen LogP) is 1.72. The summed E-state index contributed by atoms with van der Waals surface area (Å²) >= 11 is 1.54. The summed E-state index contributed by atoms with van der Waals surface area (Å²) in [5, 5.41) is 4.52. The zero-order valence-electron chi connectivity index (χ0n) is 10.00. The van der Waals surface area contributed by atoms with Crippen LogP contribution in [0.25, 0.3) is 0 Å². The molecule has 100 valence electrons. The number of hydrogen-bond acceptors (Lipinski definition) is 5. The summed E-state index contributed by atoms with van der Waals surface area (Å²) in [6.07, 6.45) is 1.33. The molecule has 1 amide bonds. The minimum absolute atomic E-state index is 0.261. The van der Waals surface area contributed by atoms with Crippen LogP contribution in [0.1, 0.15) is 29.3 Å². The maximum Gasteiger partial charge on any atom is 0.434 e. The number of carbonyl (C=O) groups excluding carboxylic acids is 1. The molecule has 2 heterocycles. The van der Waals surface area contributed by atoms with E-state index in [-0.39, 0.29) is 5.92 Å². The molecule has 0 saturated heterocycles. The molecule has 7 heteroatoms. The fourth-order valence-corrected chi connectivity index (χ4v) is 2.38. The van der Waals surface area contributed by atoms with Gasteiger partial charge in [0.05, 0.1) is 12.6 Å². The second-order valence-electron chi connectivity index (χ2n) is 4.32. The molecule has 1 N–H and O–H groups in total. The van der Waals surface area contributed by atoms with Gasteiger partial charge in [-0.2, -0.15) is 0 Å². The Labute approximate surface area is 112 Å². The molecule has 0 radical (unpaired) electrons.